The summed E-state index contributed by atoms with van der Waals surface area (Å²) in [6.45, 7) is 6.97. The Morgan fingerprint density at radius 3 is 2.08 bits per heavy atom. The highest BCUT2D eigenvalue weighted by molar-refractivity contribution is 7.92. The van der Waals surface area contributed by atoms with Crippen molar-refractivity contribution in [2.75, 3.05) is 17.9 Å². The molecule has 190 valence electrons. The molecule has 1 N–H and O–H groups in total. The van der Waals surface area contributed by atoms with Gasteiger partial charge in [0.1, 0.15) is 12.6 Å². The first-order valence-corrected chi connectivity index (χ1v) is 13.2. The van der Waals surface area contributed by atoms with Crippen molar-refractivity contribution in [2.24, 2.45) is 0 Å². The van der Waals surface area contributed by atoms with Crippen LogP contribution in [-0.4, -0.2) is 44.8 Å². The summed E-state index contributed by atoms with van der Waals surface area (Å²) in [4.78, 5) is 27.8. The Bertz CT molecular complexity index is 1320. The molecule has 1 unspecified atom stereocenters. The number of nitrogens with one attached hydrogen (secondary N) is 1. The van der Waals surface area contributed by atoms with Crippen molar-refractivity contribution in [1.29, 1.82) is 0 Å². The lowest BCUT2D eigenvalue weighted by Gasteiger charge is -2.32. The zero-order chi connectivity index (χ0) is 26.5. The predicted molar refractivity (Wildman–Crippen MR) is 142 cm³/mol. The molecule has 0 aliphatic carbocycles. The van der Waals surface area contributed by atoms with Gasteiger partial charge >= 0.3 is 0 Å². The fraction of sp³-hybridized carbons (Fsp3) is 0.286. The van der Waals surface area contributed by atoms with Gasteiger partial charge in [0.15, 0.2) is 0 Å². The number of hydrogen-bond acceptors (Lipinski definition) is 4. The van der Waals surface area contributed by atoms with Crippen LogP contribution in [0.25, 0.3) is 0 Å². The molecule has 0 radical (unpaired) electrons. The molecule has 0 aliphatic heterocycles. The van der Waals surface area contributed by atoms with Crippen LogP contribution in [0.3, 0.4) is 0 Å². The SMILES string of the molecule is CNC(=O)C(C)N(Cc1ccccc1)C(=O)CN(c1ccc(C)cc1C)S(=O)(=O)c1ccc(C)cc1. The molecule has 8 heteroatoms. The molecule has 3 aromatic carbocycles. The van der Waals surface area contributed by atoms with Gasteiger partial charge in [-0.3, -0.25) is 13.9 Å². The van der Waals surface area contributed by atoms with Gasteiger partial charge in [-0.15, -0.1) is 0 Å². The summed E-state index contributed by atoms with van der Waals surface area (Å²) in [6, 6.07) is 20.5. The number of carbonyl (C=O) groups is 2. The largest absolute Gasteiger partial charge is 0.357 e. The van der Waals surface area contributed by atoms with Crippen molar-refractivity contribution >= 4 is 27.5 Å². The smallest absolute Gasteiger partial charge is 0.264 e. The molecule has 0 spiro atoms. The van der Waals surface area contributed by atoms with Crippen molar-refractivity contribution < 1.29 is 18.0 Å². The third-order valence-corrected chi connectivity index (χ3v) is 7.89. The minimum Gasteiger partial charge on any atom is -0.357 e. The van der Waals surface area contributed by atoms with Crippen LogP contribution >= 0.6 is 0 Å². The maximum Gasteiger partial charge on any atom is 0.264 e. The summed E-state index contributed by atoms with van der Waals surface area (Å²) in [5, 5.41) is 2.58. The second kappa shape index (κ2) is 11.4. The zero-order valence-corrected chi connectivity index (χ0v) is 22.2. The van der Waals surface area contributed by atoms with E-state index in [4.69, 9.17) is 0 Å². The Hall–Kier alpha value is -3.65. The second-order valence-corrected chi connectivity index (χ2v) is 10.8. The van der Waals surface area contributed by atoms with Gasteiger partial charge in [-0.1, -0.05) is 65.7 Å². The number of likely N-dealkylation sites (N-methyl/N-ethyl adjacent to an activating group) is 1. The number of rotatable bonds is 9. The Kier molecular flexibility index (Phi) is 8.53. The van der Waals surface area contributed by atoms with E-state index < -0.39 is 28.5 Å². The molecule has 3 aromatic rings. The highest BCUT2D eigenvalue weighted by atomic mass is 32.2. The molecule has 3 rings (SSSR count). The minimum absolute atomic E-state index is 0.0924. The fourth-order valence-corrected chi connectivity index (χ4v) is 5.49. The van der Waals surface area contributed by atoms with E-state index in [1.54, 1.807) is 37.3 Å². The lowest BCUT2D eigenvalue weighted by molar-refractivity contribution is -0.139. The van der Waals surface area contributed by atoms with E-state index >= 15 is 0 Å². The summed E-state index contributed by atoms with van der Waals surface area (Å²) >= 11 is 0. The van der Waals surface area contributed by atoms with E-state index in [2.05, 4.69) is 5.32 Å². The van der Waals surface area contributed by atoms with Gasteiger partial charge in [-0.05, 0) is 57.0 Å². The van der Waals surface area contributed by atoms with E-state index in [9.17, 15) is 18.0 Å². The molecule has 2 amide bonds. The van der Waals surface area contributed by atoms with Crippen LogP contribution in [0.2, 0.25) is 0 Å². The maximum atomic E-state index is 13.8. The number of nitrogens with zero attached hydrogens (tertiary/aromatic N) is 2. The molecule has 0 saturated carbocycles. The first-order chi connectivity index (χ1) is 17.0. The van der Waals surface area contributed by atoms with Crippen molar-refractivity contribution in [3.63, 3.8) is 0 Å². The quantitative estimate of drug-likeness (QED) is 0.475. The highest BCUT2D eigenvalue weighted by Gasteiger charge is 2.32. The zero-order valence-electron chi connectivity index (χ0n) is 21.4. The van der Waals surface area contributed by atoms with Crippen LogP contribution < -0.4 is 9.62 Å². The molecule has 0 aliphatic rings. The number of anilines is 1. The van der Waals surface area contributed by atoms with Crippen LogP contribution in [0.5, 0.6) is 0 Å². The molecule has 0 fully saturated rings. The van der Waals surface area contributed by atoms with Crippen molar-refractivity contribution in [2.45, 2.75) is 45.2 Å². The van der Waals surface area contributed by atoms with Crippen molar-refractivity contribution in [3.05, 3.63) is 95.1 Å². The van der Waals surface area contributed by atoms with Crippen molar-refractivity contribution in [3.8, 4) is 0 Å². The van der Waals surface area contributed by atoms with Gasteiger partial charge in [0, 0.05) is 13.6 Å². The average molecular weight is 508 g/mol. The summed E-state index contributed by atoms with van der Waals surface area (Å²) in [6.07, 6.45) is 0. The Labute approximate surface area is 213 Å². The molecule has 7 nitrogen and oxygen atoms in total. The molecule has 36 heavy (non-hydrogen) atoms. The van der Waals surface area contributed by atoms with E-state index in [0.29, 0.717) is 5.69 Å². The van der Waals surface area contributed by atoms with E-state index in [1.807, 2.05) is 63.2 Å². The molecule has 1 atom stereocenters. The third kappa shape index (κ3) is 6.12. The number of benzene rings is 3. The van der Waals surface area contributed by atoms with Crippen LogP contribution in [0, 0.1) is 20.8 Å². The summed E-state index contributed by atoms with van der Waals surface area (Å²) in [5.41, 5.74) is 3.89. The van der Waals surface area contributed by atoms with Crippen LogP contribution in [0.4, 0.5) is 5.69 Å². The molecule has 0 aromatic heterocycles. The lowest BCUT2D eigenvalue weighted by Crippen LogP contribution is -2.50. The molecular formula is C28H33N3O4S. The number of hydrogen-bond donors (Lipinski definition) is 1. The predicted octanol–water partition coefficient (Wildman–Crippen LogP) is 3.97. The molecule has 0 bridgehead atoms. The average Bonchev–Trinajstić information content (AvgIpc) is 2.86. The van der Waals surface area contributed by atoms with Gasteiger partial charge in [0.2, 0.25) is 11.8 Å². The van der Waals surface area contributed by atoms with Gasteiger partial charge in [-0.25, -0.2) is 8.42 Å². The standard InChI is InChI=1S/C28H33N3O4S/c1-20-11-14-25(15-12-20)36(34,35)31(26-16-13-21(2)17-22(26)3)19-27(32)30(23(4)28(33)29-5)18-24-9-7-6-8-10-24/h6-17,23H,18-19H2,1-5H3,(H,29,33). The van der Waals surface area contributed by atoms with Gasteiger partial charge in [-0.2, -0.15) is 0 Å². The summed E-state index contributed by atoms with van der Waals surface area (Å²) in [7, 11) is -2.57. The van der Waals surface area contributed by atoms with Gasteiger partial charge in [0.05, 0.1) is 10.6 Å². The first-order valence-electron chi connectivity index (χ1n) is 11.8. The summed E-state index contributed by atoms with van der Waals surface area (Å²) in [5.74, 6) is -0.815. The molecule has 0 saturated heterocycles. The first kappa shape index (κ1) is 26.9. The number of aryl methyl sites for hydroxylation is 3. The van der Waals surface area contributed by atoms with Crippen molar-refractivity contribution in [1.82, 2.24) is 10.2 Å². The normalized spacial score (nSPS) is 12.0. The lowest BCUT2D eigenvalue weighted by atomic mass is 10.1. The van der Waals surface area contributed by atoms with Gasteiger partial charge in [0.25, 0.3) is 10.0 Å². The topological polar surface area (TPSA) is 86.8 Å². The maximum absolute atomic E-state index is 13.8. The second-order valence-electron chi connectivity index (χ2n) is 8.91. The Morgan fingerprint density at radius 2 is 1.50 bits per heavy atom. The third-order valence-electron chi connectivity index (χ3n) is 6.12. The highest BCUT2D eigenvalue weighted by Crippen LogP contribution is 2.28. The number of amides is 2. The monoisotopic (exact) mass is 507 g/mol. The van der Waals surface area contributed by atoms with Crippen LogP contribution in [0.15, 0.2) is 77.7 Å². The number of sulfonamides is 1. The van der Waals surface area contributed by atoms with E-state index in [-0.39, 0.29) is 17.3 Å². The van der Waals surface area contributed by atoms with Crippen LogP contribution in [0.1, 0.15) is 29.2 Å². The Balaban J connectivity index is 2.06. The van der Waals surface area contributed by atoms with E-state index in [0.717, 1.165) is 26.6 Å². The fourth-order valence-electron chi connectivity index (χ4n) is 4.01. The van der Waals surface area contributed by atoms with Gasteiger partial charge < -0.3 is 10.2 Å². The minimum atomic E-state index is -4.07. The molecular weight excluding hydrogens is 474 g/mol. The van der Waals surface area contributed by atoms with E-state index in [1.165, 1.54) is 11.9 Å². The molecule has 0 heterocycles. The number of carbonyl (C=O) groups excluding carboxylic acids is 2. The van der Waals surface area contributed by atoms with Crippen LogP contribution in [-0.2, 0) is 26.2 Å². The Morgan fingerprint density at radius 1 is 0.889 bits per heavy atom. The summed E-state index contributed by atoms with van der Waals surface area (Å²) < 4.78 is 28.8.